The van der Waals surface area contributed by atoms with Crippen LogP contribution < -0.4 is 0 Å². The number of hydrogen-bond acceptors (Lipinski definition) is 2. The second-order valence-corrected chi connectivity index (χ2v) is 5.28. The molecule has 2 nitrogen and oxygen atoms in total. The maximum atomic E-state index is 13.3. The van der Waals surface area contributed by atoms with E-state index in [-0.39, 0.29) is 0 Å². The van der Waals surface area contributed by atoms with Crippen molar-refractivity contribution in [2.24, 2.45) is 0 Å². The Bertz CT molecular complexity index is 746. The molecule has 2 rings (SSSR count). The highest BCUT2D eigenvalue weighted by molar-refractivity contribution is 5.47. The number of nitriles is 1. The van der Waals surface area contributed by atoms with Crippen molar-refractivity contribution in [2.75, 3.05) is 0 Å². The van der Waals surface area contributed by atoms with Crippen molar-refractivity contribution in [3.63, 3.8) is 0 Å². The summed E-state index contributed by atoms with van der Waals surface area (Å²) in [6.07, 6.45) is -10.8. The van der Waals surface area contributed by atoms with Gasteiger partial charge in [-0.3, -0.25) is 0 Å². The van der Waals surface area contributed by atoms with Crippen molar-refractivity contribution in [1.82, 2.24) is 0 Å². The van der Waals surface area contributed by atoms with E-state index >= 15 is 0 Å². The highest BCUT2D eigenvalue weighted by Crippen LogP contribution is 2.45. The fourth-order valence-electron chi connectivity index (χ4n) is 2.63. The molecule has 0 spiro atoms. The molecule has 0 aliphatic heterocycles. The van der Waals surface area contributed by atoms with Crippen LogP contribution in [0.4, 0.5) is 26.3 Å². The van der Waals surface area contributed by atoms with Gasteiger partial charge in [0.25, 0.3) is 0 Å². The van der Waals surface area contributed by atoms with E-state index < -0.39 is 46.6 Å². The van der Waals surface area contributed by atoms with Crippen LogP contribution in [0.5, 0.6) is 0 Å². The zero-order valence-corrected chi connectivity index (χ0v) is 12.5. The van der Waals surface area contributed by atoms with E-state index in [0.29, 0.717) is 12.1 Å². The fraction of sp³-hybridized carbons (Fsp3) is 0.235. The number of nitrogens with zero attached hydrogens (tertiary/aromatic N) is 1. The van der Waals surface area contributed by atoms with E-state index in [0.717, 1.165) is 36.4 Å². The Kier molecular flexibility index (Phi) is 4.82. The van der Waals surface area contributed by atoms with Crippen molar-refractivity contribution in [2.45, 2.75) is 24.4 Å². The smallest absolute Gasteiger partial charge is 0.379 e. The number of benzene rings is 2. The Balaban J connectivity index is 2.82. The molecule has 0 aliphatic rings. The predicted molar refractivity (Wildman–Crippen MR) is 76.1 cm³/mol. The third-order valence-corrected chi connectivity index (χ3v) is 3.69. The van der Waals surface area contributed by atoms with Gasteiger partial charge in [-0.15, -0.1) is 0 Å². The van der Waals surface area contributed by atoms with Gasteiger partial charge < -0.3 is 5.11 Å². The molecule has 1 N–H and O–H groups in total. The maximum absolute atomic E-state index is 13.3. The van der Waals surface area contributed by atoms with Crippen LogP contribution in [0.3, 0.4) is 0 Å². The van der Waals surface area contributed by atoms with Crippen LogP contribution in [0, 0.1) is 11.3 Å². The Morgan fingerprint density at radius 2 is 1.04 bits per heavy atom. The summed E-state index contributed by atoms with van der Waals surface area (Å²) < 4.78 is 79.5. The van der Waals surface area contributed by atoms with Crippen LogP contribution in [0.2, 0.25) is 0 Å². The quantitative estimate of drug-likeness (QED) is 0.795. The first-order chi connectivity index (χ1) is 11.5. The molecule has 0 radical (unpaired) electrons. The lowest BCUT2D eigenvalue weighted by molar-refractivity contribution is -0.142. The average molecular weight is 359 g/mol. The summed E-state index contributed by atoms with van der Waals surface area (Å²) in [5.74, 6) is 0. The monoisotopic (exact) mass is 359 g/mol. The van der Waals surface area contributed by atoms with Gasteiger partial charge in [-0.1, -0.05) is 36.4 Å². The first-order valence-electron chi connectivity index (χ1n) is 6.94. The lowest BCUT2D eigenvalue weighted by Crippen LogP contribution is -2.32. The predicted octanol–water partition coefficient (Wildman–Crippen LogP) is 4.87. The normalized spacial score (nSPS) is 12.7. The molecule has 0 aliphatic carbocycles. The molecule has 132 valence electrons. The first-order valence-corrected chi connectivity index (χ1v) is 6.94. The van der Waals surface area contributed by atoms with Gasteiger partial charge in [-0.25, -0.2) is 0 Å². The Labute approximate surface area is 138 Å². The second kappa shape index (κ2) is 6.41. The lowest BCUT2D eigenvalue weighted by atomic mass is 9.79. The summed E-state index contributed by atoms with van der Waals surface area (Å²) in [7, 11) is 0. The maximum Gasteiger partial charge on any atom is 0.416 e. The van der Waals surface area contributed by atoms with Crippen molar-refractivity contribution < 1.29 is 31.4 Å². The zero-order valence-electron chi connectivity index (χ0n) is 12.5. The van der Waals surface area contributed by atoms with Crippen LogP contribution in [-0.2, 0) is 18.0 Å². The average Bonchev–Trinajstić information content (AvgIpc) is 2.53. The van der Waals surface area contributed by atoms with Gasteiger partial charge in [0.2, 0.25) is 0 Å². The molecule has 0 heterocycles. The Morgan fingerprint density at radius 1 is 0.720 bits per heavy atom. The van der Waals surface area contributed by atoms with E-state index in [1.165, 1.54) is 6.07 Å². The number of hydrogen-bond donors (Lipinski definition) is 1. The van der Waals surface area contributed by atoms with Gasteiger partial charge in [-0.05, 0) is 12.1 Å². The topological polar surface area (TPSA) is 44.0 Å². The van der Waals surface area contributed by atoms with Crippen molar-refractivity contribution in [3.05, 3.63) is 70.8 Å². The van der Waals surface area contributed by atoms with E-state index in [2.05, 4.69) is 0 Å². The fourth-order valence-corrected chi connectivity index (χ4v) is 2.63. The molecule has 0 aromatic heterocycles. The van der Waals surface area contributed by atoms with Gasteiger partial charge in [-0.2, -0.15) is 31.6 Å². The molecule has 8 heteroatoms. The van der Waals surface area contributed by atoms with Crippen LogP contribution in [-0.4, -0.2) is 5.11 Å². The van der Waals surface area contributed by atoms with E-state index in [1.54, 1.807) is 0 Å². The van der Waals surface area contributed by atoms with Gasteiger partial charge in [0.1, 0.15) is 5.60 Å². The van der Waals surface area contributed by atoms with E-state index in [4.69, 9.17) is 5.26 Å². The summed E-state index contributed by atoms with van der Waals surface area (Å²) in [6, 6.07) is 8.92. The van der Waals surface area contributed by atoms with Crippen LogP contribution >= 0.6 is 0 Å². The first kappa shape index (κ1) is 18.8. The van der Waals surface area contributed by atoms with Gasteiger partial charge in [0, 0.05) is 11.1 Å². The summed E-state index contributed by atoms with van der Waals surface area (Å²) >= 11 is 0. The SMILES string of the molecule is N#CCC(O)(c1ccccc1C(F)(F)F)c1ccccc1C(F)(F)F. The lowest BCUT2D eigenvalue weighted by Gasteiger charge is -2.31. The summed E-state index contributed by atoms with van der Waals surface area (Å²) in [4.78, 5) is 0. The Morgan fingerprint density at radius 3 is 1.32 bits per heavy atom. The minimum atomic E-state index is -4.91. The molecule has 0 bridgehead atoms. The molecule has 0 amide bonds. The van der Waals surface area contributed by atoms with E-state index in [1.807, 2.05) is 0 Å². The van der Waals surface area contributed by atoms with Gasteiger partial charge in [0.05, 0.1) is 23.6 Å². The van der Waals surface area contributed by atoms with E-state index in [9.17, 15) is 31.4 Å². The molecule has 0 saturated heterocycles. The largest absolute Gasteiger partial charge is 0.416 e. The Hall–Kier alpha value is -2.53. The molecule has 2 aromatic rings. The third-order valence-electron chi connectivity index (χ3n) is 3.69. The highest BCUT2D eigenvalue weighted by Gasteiger charge is 2.45. The van der Waals surface area contributed by atoms with Crippen LogP contribution in [0.1, 0.15) is 28.7 Å². The number of halogens is 6. The minimum Gasteiger partial charge on any atom is -0.379 e. The summed E-state index contributed by atoms with van der Waals surface area (Å²) in [6.45, 7) is 0. The molecular formula is C17H11F6NO. The molecule has 2 aromatic carbocycles. The second-order valence-electron chi connectivity index (χ2n) is 5.28. The molecule has 25 heavy (non-hydrogen) atoms. The highest BCUT2D eigenvalue weighted by atomic mass is 19.4. The molecule has 0 fully saturated rings. The van der Waals surface area contributed by atoms with Crippen molar-refractivity contribution >= 4 is 0 Å². The van der Waals surface area contributed by atoms with Crippen molar-refractivity contribution in [3.8, 4) is 6.07 Å². The van der Waals surface area contributed by atoms with Crippen molar-refractivity contribution in [1.29, 1.82) is 5.26 Å². The van der Waals surface area contributed by atoms with Gasteiger partial charge >= 0.3 is 12.4 Å². The molecule has 0 atom stereocenters. The number of rotatable bonds is 3. The standard InChI is InChI=1S/C17H11F6NO/c18-16(19,20)13-7-3-1-5-11(13)15(25,9-10-24)12-6-2-4-8-14(12)17(21,22)23/h1-8,25H,9H2. The number of aliphatic hydroxyl groups is 1. The van der Waals surface area contributed by atoms with Gasteiger partial charge in [0.15, 0.2) is 0 Å². The zero-order chi connectivity index (χ0) is 18.9. The molecular weight excluding hydrogens is 348 g/mol. The summed E-state index contributed by atoms with van der Waals surface area (Å²) in [5, 5.41) is 19.8. The van der Waals surface area contributed by atoms with Crippen LogP contribution in [0.25, 0.3) is 0 Å². The third kappa shape index (κ3) is 3.61. The van der Waals surface area contributed by atoms with Crippen LogP contribution in [0.15, 0.2) is 48.5 Å². The minimum absolute atomic E-state index is 0.647. The number of alkyl halides is 6. The molecule has 0 saturated carbocycles. The molecule has 0 unspecified atom stereocenters. The summed E-state index contributed by atoms with van der Waals surface area (Å²) in [5.41, 5.74) is -6.98.